The second-order valence-corrected chi connectivity index (χ2v) is 4.66. The van der Waals surface area contributed by atoms with Gasteiger partial charge in [-0.25, -0.2) is 0 Å². The fraction of sp³-hybridized carbons (Fsp3) is 0.500. The van der Waals surface area contributed by atoms with Crippen molar-refractivity contribution in [3.05, 3.63) is 29.3 Å². The van der Waals surface area contributed by atoms with Crippen LogP contribution in [0.15, 0.2) is 18.2 Å². The van der Waals surface area contributed by atoms with Gasteiger partial charge in [0.15, 0.2) is 0 Å². The number of ether oxygens (including phenoxy) is 1. The normalized spacial score (nSPS) is 21.7. The SMILES string of the molecule is CCOC(=O)CCC1c2cccc(O)c2CC1N. The van der Waals surface area contributed by atoms with Crippen molar-refractivity contribution >= 4 is 5.97 Å². The molecule has 4 heteroatoms. The molecule has 1 aromatic carbocycles. The minimum atomic E-state index is -0.182. The number of hydrogen-bond donors (Lipinski definition) is 2. The van der Waals surface area contributed by atoms with Crippen LogP contribution < -0.4 is 5.73 Å². The minimum absolute atomic E-state index is 0.0253. The highest BCUT2D eigenvalue weighted by molar-refractivity contribution is 5.69. The van der Waals surface area contributed by atoms with Crippen molar-refractivity contribution in [2.75, 3.05) is 6.61 Å². The molecule has 0 saturated heterocycles. The molecular formula is C14H19NO3. The number of carbonyl (C=O) groups is 1. The zero-order chi connectivity index (χ0) is 13.1. The molecule has 3 N–H and O–H groups in total. The summed E-state index contributed by atoms with van der Waals surface area (Å²) in [4.78, 5) is 11.4. The summed E-state index contributed by atoms with van der Waals surface area (Å²) < 4.78 is 4.92. The first-order valence-corrected chi connectivity index (χ1v) is 6.35. The molecule has 0 aromatic heterocycles. The maximum absolute atomic E-state index is 11.4. The smallest absolute Gasteiger partial charge is 0.305 e. The van der Waals surface area contributed by atoms with Gasteiger partial charge in [-0.3, -0.25) is 4.79 Å². The third-order valence-electron chi connectivity index (χ3n) is 3.51. The fourth-order valence-electron chi connectivity index (χ4n) is 2.65. The largest absolute Gasteiger partial charge is 0.508 e. The number of fused-ring (bicyclic) bond motifs is 1. The van der Waals surface area contributed by atoms with Crippen LogP contribution in [0.25, 0.3) is 0 Å². The van der Waals surface area contributed by atoms with Gasteiger partial charge < -0.3 is 15.6 Å². The Balaban J connectivity index is 2.07. The van der Waals surface area contributed by atoms with Crippen LogP contribution in [0.4, 0.5) is 0 Å². The van der Waals surface area contributed by atoms with Crippen LogP contribution in [0, 0.1) is 0 Å². The molecule has 0 heterocycles. The van der Waals surface area contributed by atoms with E-state index in [0.29, 0.717) is 31.6 Å². The van der Waals surface area contributed by atoms with Crippen LogP contribution in [0.5, 0.6) is 5.75 Å². The highest BCUT2D eigenvalue weighted by Gasteiger charge is 2.31. The van der Waals surface area contributed by atoms with Crippen molar-refractivity contribution in [1.29, 1.82) is 0 Å². The Labute approximate surface area is 107 Å². The molecule has 1 aliphatic carbocycles. The average molecular weight is 249 g/mol. The third kappa shape index (κ3) is 2.48. The van der Waals surface area contributed by atoms with Gasteiger partial charge in [-0.15, -0.1) is 0 Å². The molecule has 1 aliphatic rings. The van der Waals surface area contributed by atoms with Crippen molar-refractivity contribution in [2.24, 2.45) is 5.73 Å². The summed E-state index contributed by atoms with van der Waals surface area (Å²) >= 11 is 0. The number of phenols is 1. The van der Waals surface area contributed by atoms with E-state index < -0.39 is 0 Å². The van der Waals surface area contributed by atoms with E-state index in [2.05, 4.69) is 0 Å². The highest BCUT2D eigenvalue weighted by atomic mass is 16.5. The predicted octanol–water partition coefficient (Wildman–Crippen LogP) is 1.70. The standard InChI is InChI=1S/C14H19NO3/c1-2-18-14(17)7-6-10-9-4-3-5-13(16)11(9)8-12(10)15/h3-5,10,12,16H,2,6-8,15H2,1H3. The van der Waals surface area contributed by atoms with E-state index in [-0.39, 0.29) is 17.9 Å². The molecule has 98 valence electrons. The molecule has 2 rings (SSSR count). The Morgan fingerprint density at radius 2 is 2.33 bits per heavy atom. The van der Waals surface area contributed by atoms with Crippen LogP contribution in [-0.4, -0.2) is 23.7 Å². The number of aromatic hydroxyl groups is 1. The van der Waals surface area contributed by atoms with Gasteiger partial charge >= 0.3 is 5.97 Å². The Bertz CT molecular complexity index is 445. The van der Waals surface area contributed by atoms with E-state index in [4.69, 9.17) is 10.5 Å². The molecule has 18 heavy (non-hydrogen) atoms. The van der Waals surface area contributed by atoms with Gasteiger partial charge in [-0.05, 0) is 37.0 Å². The average Bonchev–Trinajstić information content (AvgIpc) is 2.65. The Kier molecular flexibility index (Phi) is 3.87. The molecule has 0 fully saturated rings. The van der Waals surface area contributed by atoms with E-state index >= 15 is 0 Å². The van der Waals surface area contributed by atoms with Gasteiger partial charge in [0.25, 0.3) is 0 Å². The number of phenolic OH excluding ortho intramolecular Hbond substituents is 1. The predicted molar refractivity (Wildman–Crippen MR) is 68.4 cm³/mol. The summed E-state index contributed by atoms with van der Waals surface area (Å²) in [5, 5.41) is 9.78. The highest BCUT2D eigenvalue weighted by Crippen LogP contribution is 2.39. The number of nitrogens with two attached hydrogens (primary N) is 1. The van der Waals surface area contributed by atoms with Crippen molar-refractivity contribution in [1.82, 2.24) is 0 Å². The topological polar surface area (TPSA) is 72.5 Å². The number of esters is 1. The molecule has 1 aromatic rings. The zero-order valence-corrected chi connectivity index (χ0v) is 10.6. The molecule has 0 bridgehead atoms. The summed E-state index contributed by atoms with van der Waals surface area (Å²) in [6, 6.07) is 5.46. The van der Waals surface area contributed by atoms with E-state index in [9.17, 15) is 9.90 Å². The first-order valence-electron chi connectivity index (χ1n) is 6.35. The number of carbonyl (C=O) groups excluding carboxylic acids is 1. The van der Waals surface area contributed by atoms with Crippen molar-refractivity contribution in [3.8, 4) is 5.75 Å². The summed E-state index contributed by atoms with van der Waals surface area (Å²) in [5.74, 6) is 0.261. The maximum atomic E-state index is 11.4. The van der Waals surface area contributed by atoms with Crippen LogP contribution in [0.1, 0.15) is 36.8 Å². The fourth-order valence-corrected chi connectivity index (χ4v) is 2.65. The van der Waals surface area contributed by atoms with Crippen LogP contribution in [-0.2, 0) is 16.0 Å². The molecule has 2 atom stereocenters. The number of hydrogen-bond acceptors (Lipinski definition) is 4. The lowest BCUT2D eigenvalue weighted by atomic mass is 9.93. The second kappa shape index (κ2) is 5.40. The Hall–Kier alpha value is -1.55. The van der Waals surface area contributed by atoms with E-state index in [1.165, 1.54) is 0 Å². The molecular weight excluding hydrogens is 230 g/mol. The van der Waals surface area contributed by atoms with Crippen molar-refractivity contribution in [3.63, 3.8) is 0 Å². The first kappa shape index (κ1) is 12.9. The lowest BCUT2D eigenvalue weighted by Crippen LogP contribution is -2.25. The van der Waals surface area contributed by atoms with Gasteiger partial charge in [-0.2, -0.15) is 0 Å². The third-order valence-corrected chi connectivity index (χ3v) is 3.51. The van der Waals surface area contributed by atoms with Gasteiger partial charge in [-0.1, -0.05) is 12.1 Å². The lowest BCUT2D eigenvalue weighted by molar-refractivity contribution is -0.143. The van der Waals surface area contributed by atoms with Gasteiger partial charge in [0.1, 0.15) is 5.75 Å². The van der Waals surface area contributed by atoms with E-state index in [1.54, 1.807) is 13.0 Å². The van der Waals surface area contributed by atoms with E-state index in [0.717, 1.165) is 11.1 Å². The van der Waals surface area contributed by atoms with Crippen LogP contribution in [0.2, 0.25) is 0 Å². The van der Waals surface area contributed by atoms with Gasteiger partial charge in [0.05, 0.1) is 6.61 Å². The summed E-state index contributed by atoms with van der Waals surface area (Å²) in [7, 11) is 0. The van der Waals surface area contributed by atoms with Crippen LogP contribution in [0.3, 0.4) is 0 Å². The molecule has 2 unspecified atom stereocenters. The molecule has 0 aliphatic heterocycles. The molecule has 4 nitrogen and oxygen atoms in total. The quantitative estimate of drug-likeness (QED) is 0.797. The van der Waals surface area contributed by atoms with Crippen molar-refractivity contribution < 1.29 is 14.6 Å². The van der Waals surface area contributed by atoms with Gasteiger partial charge in [0, 0.05) is 18.4 Å². The first-order chi connectivity index (χ1) is 8.63. The monoisotopic (exact) mass is 249 g/mol. The minimum Gasteiger partial charge on any atom is -0.508 e. The summed E-state index contributed by atoms with van der Waals surface area (Å²) in [6.45, 7) is 2.21. The second-order valence-electron chi connectivity index (χ2n) is 4.66. The van der Waals surface area contributed by atoms with Crippen LogP contribution >= 0.6 is 0 Å². The number of rotatable bonds is 4. The van der Waals surface area contributed by atoms with E-state index in [1.807, 2.05) is 12.1 Å². The molecule has 0 spiro atoms. The van der Waals surface area contributed by atoms with Crippen molar-refractivity contribution in [2.45, 2.75) is 38.1 Å². The Morgan fingerprint density at radius 1 is 1.56 bits per heavy atom. The lowest BCUT2D eigenvalue weighted by Gasteiger charge is -2.16. The summed E-state index contributed by atoms with van der Waals surface area (Å²) in [6.07, 6.45) is 1.73. The Morgan fingerprint density at radius 3 is 3.06 bits per heavy atom. The molecule has 0 radical (unpaired) electrons. The summed E-state index contributed by atoms with van der Waals surface area (Å²) in [5.41, 5.74) is 8.10. The molecule has 0 saturated carbocycles. The number of benzene rings is 1. The zero-order valence-electron chi connectivity index (χ0n) is 10.6. The molecule has 0 amide bonds. The maximum Gasteiger partial charge on any atom is 0.305 e. The van der Waals surface area contributed by atoms with Gasteiger partial charge in [0.2, 0.25) is 0 Å².